The highest BCUT2D eigenvalue weighted by atomic mass is 35.5. The van der Waals surface area contributed by atoms with Gasteiger partial charge in [-0.1, -0.05) is 29.3 Å². The Kier molecular flexibility index (Phi) is 4.51. The second-order valence-electron chi connectivity index (χ2n) is 3.94. The first-order valence-electron chi connectivity index (χ1n) is 5.48. The van der Waals surface area contributed by atoms with Gasteiger partial charge in [0.2, 0.25) is 0 Å². The van der Waals surface area contributed by atoms with Gasteiger partial charge in [0.25, 0.3) is 0 Å². The van der Waals surface area contributed by atoms with Gasteiger partial charge in [-0.3, -0.25) is 0 Å². The quantitative estimate of drug-likeness (QED) is 0.901. The standard InChI is InChI=1S/C13H13Cl2NOS/c1-8(12(16)13-11(15)5-6-18-13)17-10-4-2-3-9(14)7-10/h2-8,12H,16H2,1H3. The average molecular weight is 302 g/mol. The van der Waals surface area contributed by atoms with E-state index in [0.29, 0.717) is 15.8 Å². The normalized spacial score (nSPS) is 14.2. The predicted molar refractivity (Wildman–Crippen MR) is 77.8 cm³/mol. The van der Waals surface area contributed by atoms with Crippen molar-refractivity contribution >= 4 is 34.5 Å². The number of hydrogen-bond acceptors (Lipinski definition) is 3. The summed E-state index contributed by atoms with van der Waals surface area (Å²) in [6.07, 6.45) is -0.181. The zero-order chi connectivity index (χ0) is 13.1. The molecule has 0 aliphatic heterocycles. The molecule has 0 bridgehead atoms. The lowest BCUT2D eigenvalue weighted by Crippen LogP contribution is -2.28. The fourth-order valence-corrected chi connectivity index (χ4v) is 3.04. The Bertz CT molecular complexity index is 529. The first kappa shape index (κ1) is 13.7. The topological polar surface area (TPSA) is 35.2 Å². The molecule has 2 rings (SSSR count). The smallest absolute Gasteiger partial charge is 0.121 e. The third kappa shape index (κ3) is 3.18. The van der Waals surface area contributed by atoms with Crippen LogP contribution in [0.2, 0.25) is 10.0 Å². The van der Waals surface area contributed by atoms with Crippen LogP contribution in [0, 0.1) is 0 Å². The summed E-state index contributed by atoms with van der Waals surface area (Å²) in [4.78, 5) is 0.936. The van der Waals surface area contributed by atoms with Gasteiger partial charge >= 0.3 is 0 Å². The van der Waals surface area contributed by atoms with Crippen LogP contribution in [0.4, 0.5) is 0 Å². The Morgan fingerprint density at radius 1 is 1.28 bits per heavy atom. The van der Waals surface area contributed by atoms with E-state index < -0.39 is 0 Å². The van der Waals surface area contributed by atoms with Crippen LogP contribution in [-0.2, 0) is 0 Å². The summed E-state index contributed by atoms with van der Waals surface area (Å²) in [5.41, 5.74) is 6.14. The lowest BCUT2D eigenvalue weighted by Gasteiger charge is -2.21. The number of ether oxygens (including phenoxy) is 1. The summed E-state index contributed by atoms with van der Waals surface area (Å²) < 4.78 is 5.77. The van der Waals surface area contributed by atoms with E-state index in [2.05, 4.69) is 0 Å². The van der Waals surface area contributed by atoms with Crippen molar-refractivity contribution in [1.82, 2.24) is 0 Å². The molecule has 1 aromatic carbocycles. The molecule has 0 amide bonds. The maximum Gasteiger partial charge on any atom is 0.121 e. The second kappa shape index (κ2) is 5.93. The molecule has 0 radical (unpaired) electrons. The van der Waals surface area contributed by atoms with Crippen LogP contribution in [0.3, 0.4) is 0 Å². The average Bonchev–Trinajstić information content (AvgIpc) is 2.74. The van der Waals surface area contributed by atoms with Gasteiger partial charge in [0.15, 0.2) is 0 Å². The summed E-state index contributed by atoms with van der Waals surface area (Å²) in [6.45, 7) is 1.92. The maximum absolute atomic E-state index is 6.14. The van der Waals surface area contributed by atoms with Crippen LogP contribution in [0.15, 0.2) is 35.7 Å². The van der Waals surface area contributed by atoms with E-state index in [9.17, 15) is 0 Å². The molecule has 0 spiro atoms. The van der Waals surface area contributed by atoms with E-state index >= 15 is 0 Å². The summed E-state index contributed by atoms with van der Waals surface area (Å²) in [5.74, 6) is 0.707. The van der Waals surface area contributed by atoms with Crippen molar-refractivity contribution in [3.63, 3.8) is 0 Å². The molecule has 0 aliphatic carbocycles. The van der Waals surface area contributed by atoms with E-state index in [1.54, 1.807) is 12.1 Å². The summed E-state index contributed by atoms with van der Waals surface area (Å²) in [6, 6.07) is 8.85. The van der Waals surface area contributed by atoms with Gasteiger partial charge in [0, 0.05) is 9.90 Å². The minimum atomic E-state index is -0.253. The molecule has 2 aromatic rings. The highest BCUT2D eigenvalue weighted by Crippen LogP contribution is 2.30. The number of hydrogen-bond donors (Lipinski definition) is 1. The maximum atomic E-state index is 6.14. The molecule has 0 saturated heterocycles. The highest BCUT2D eigenvalue weighted by molar-refractivity contribution is 7.10. The van der Waals surface area contributed by atoms with Crippen molar-refractivity contribution < 1.29 is 4.74 Å². The van der Waals surface area contributed by atoms with Gasteiger partial charge in [-0.25, -0.2) is 0 Å². The molecular formula is C13H13Cl2NOS. The largest absolute Gasteiger partial charge is 0.489 e. The molecule has 5 heteroatoms. The zero-order valence-corrected chi connectivity index (χ0v) is 12.1. The minimum Gasteiger partial charge on any atom is -0.489 e. The van der Waals surface area contributed by atoms with Crippen molar-refractivity contribution in [3.8, 4) is 5.75 Å². The fraction of sp³-hybridized carbons (Fsp3) is 0.231. The lowest BCUT2D eigenvalue weighted by molar-refractivity contribution is 0.192. The second-order valence-corrected chi connectivity index (χ2v) is 5.73. The van der Waals surface area contributed by atoms with Crippen molar-refractivity contribution in [3.05, 3.63) is 50.6 Å². The lowest BCUT2D eigenvalue weighted by atomic mass is 10.1. The van der Waals surface area contributed by atoms with E-state index in [-0.39, 0.29) is 12.1 Å². The molecule has 2 N–H and O–H groups in total. The third-order valence-corrected chi connectivity index (χ3v) is 4.27. The zero-order valence-electron chi connectivity index (χ0n) is 9.77. The first-order valence-corrected chi connectivity index (χ1v) is 7.12. The monoisotopic (exact) mass is 301 g/mol. The summed E-state index contributed by atoms with van der Waals surface area (Å²) >= 11 is 13.5. The molecular weight excluding hydrogens is 289 g/mol. The SMILES string of the molecule is CC(Oc1cccc(Cl)c1)C(N)c1sccc1Cl. The van der Waals surface area contributed by atoms with Crippen molar-refractivity contribution in [2.75, 3.05) is 0 Å². The van der Waals surface area contributed by atoms with E-state index in [1.165, 1.54) is 11.3 Å². The molecule has 1 heterocycles. The van der Waals surface area contributed by atoms with Gasteiger partial charge in [-0.2, -0.15) is 0 Å². The molecule has 2 atom stereocenters. The Balaban J connectivity index is 2.08. The third-order valence-electron chi connectivity index (χ3n) is 2.57. The van der Waals surface area contributed by atoms with E-state index in [1.807, 2.05) is 30.5 Å². The minimum absolute atomic E-state index is 0.181. The van der Waals surface area contributed by atoms with Crippen molar-refractivity contribution in [2.24, 2.45) is 5.73 Å². The number of benzene rings is 1. The van der Waals surface area contributed by atoms with Crippen LogP contribution in [0.25, 0.3) is 0 Å². The number of halogens is 2. The Morgan fingerprint density at radius 3 is 2.67 bits per heavy atom. The Hall–Kier alpha value is -0.740. The van der Waals surface area contributed by atoms with Crippen molar-refractivity contribution in [1.29, 1.82) is 0 Å². The van der Waals surface area contributed by atoms with Crippen molar-refractivity contribution in [2.45, 2.75) is 19.1 Å². The molecule has 2 nitrogen and oxygen atoms in total. The number of rotatable bonds is 4. The van der Waals surface area contributed by atoms with Gasteiger partial charge in [-0.05, 0) is 36.6 Å². The van der Waals surface area contributed by atoms with Gasteiger partial charge < -0.3 is 10.5 Å². The first-order chi connectivity index (χ1) is 8.58. The summed E-state index contributed by atoms with van der Waals surface area (Å²) in [5, 5.41) is 3.25. The number of thiophene rings is 1. The van der Waals surface area contributed by atoms with Gasteiger partial charge in [0.1, 0.15) is 11.9 Å². The molecule has 0 saturated carbocycles. The fourth-order valence-electron chi connectivity index (χ4n) is 1.58. The predicted octanol–water partition coefficient (Wildman–Crippen LogP) is 4.52. The van der Waals surface area contributed by atoms with Crippen LogP contribution in [0.5, 0.6) is 5.75 Å². The van der Waals surface area contributed by atoms with Crippen LogP contribution in [-0.4, -0.2) is 6.10 Å². The van der Waals surface area contributed by atoms with Gasteiger partial charge in [-0.15, -0.1) is 11.3 Å². The molecule has 96 valence electrons. The molecule has 18 heavy (non-hydrogen) atoms. The molecule has 0 aliphatic rings. The Morgan fingerprint density at radius 2 is 2.06 bits per heavy atom. The highest BCUT2D eigenvalue weighted by Gasteiger charge is 2.20. The van der Waals surface area contributed by atoms with Crippen LogP contribution >= 0.6 is 34.5 Å². The Labute approximate surface area is 120 Å². The van der Waals surface area contributed by atoms with Gasteiger partial charge in [0.05, 0.1) is 11.1 Å². The molecule has 1 aromatic heterocycles. The molecule has 0 fully saturated rings. The molecule has 2 unspecified atom stereocenters. The van der Waals surface area contributed by atoms with E-state index in [4.69, 9.17) is 33.7 Å². The summed E-state index contributed by atoms with van der Waals surface area (Å²) in [7, 11) is 0. The number of nitrogens with two attached hydrogens (primary N) is 1. The van der Waals surface area contributed by atoms with Crippen LogP contribution < -0.4 is 10.5 Å². The van der Waals surface area contributed by atoms with E-state index in [0.717, 1.165) is 4.88 Å². The van der Waals surface area contributed by atoms with Crippen LogP contribution in [0.1, 0.15) is 17.8 Å².